The summed E-state index contributed by atoms with van der Waals surface area (Å²) in [5.41, 5.74) is 1.98. The number of hydrogen-bond donors (Lipinski definition) is 2. The molecule has 0 spiro atoms. The Bertz CT molecular complexity index is 820. The van der Waals surface area contributed by atoms with Crippen molar-refractivity contribution in [2.45, 2.75) is 25.4 Å². The molecule has 1 aromatic heterocycles. The van der Waals surface area contributed by atoms with Crippen LogP contribution in [0.15, 0.2) is 46.0 Å². The molecule has 1 aromatic carbocycles. The van der Waals surface area contributed by atoms with Gasteiger partial charge < -0.3 is 19.8 Å². The highest BCUT2D eigenvalue weighted by atomic mass is 127. The Hall–Kier alpha value is -1.30. The van der Waals surface area contributed by atoms with Gasteiger partial charge in [-0.05, 0) is 31.2 Å². The fourth-order valence-corrected chi connectivity index (χ4v) is 5.46. The second kappa shape index (κ2) is 12.1. The molecule has 9 heteroatoms. The Morgan fingerprint density at radius 1 is 1.23 bits per heavy atom. The van der Waals surface area contributed by atoms with E-state index < -0.39 is 0 Å². The van der Waals surface area contributed by atoms with Crippen LogP contribution in [0.5, 0.6) is 0 Å². The fraction of sp³-hybridized carbons (Fsp3) is 0.545. The molecule has 31 heavy (non-hydrogen) atoms. The van der Waals surface area contributed by atoms with Gasteiger partial charge in [-0.25, -0.2) is 9.98 Å². The van der Waals surface area contributed by atoms with Crippen molar-refractivity contribution in [2.24, 2.45) is 4.99 Å². The van der Waals surface area contributed by atoms with Crippen LogP contribution in [0.3, 0.4) is 0 Å². The Kier molecular flexibility index (Phi) is 9.48. The second-order valence-electron chi connectivity index (χ2n) is 7.69. The zero-order valence-corrected chi connectivity index (χ0v) is 21.2. The van der Waals surface area contributed by atoms with E-state index in [4.69, 9.17) is 14.1 Å². The quantitative estimate of drug-likeness (QED) is 0.308. The highest BCUT2D eigenvalue weighted by Gasteiger charge is 2.40. The summed E-state index contributed by atoms with van der Waals surface area (Å²) in [5, 5.41) is 6.96. The van der Waals surface area contributed by atoms with E-state index in [2.05, 4.69) is 27.4 Å². The average Bonchev–Trinajstić information content (AvgIpc) is 3.48. The number of halogens is 1. The summed E-state index contributed by atoms with van der Waals surface area (Å²) in [6.45, 7) is 7.95. The standard InChI is InChI=1S/C22H31N5O2S.HI/c1-2-23-21(24-14-19-15-29-20(26-19)18-6-4-3-5-7-18)25-16-22(8-13-30-17-22)27-9-11-28-12-10-27;/h3-7,15H,2,8-14,16-17H2,1H3,(H2,23,24,25);1H. The lowest BCUT2D eigenvalue weighted by Gasteiger charge is -2.43. The zero-order valence-electron chi connectivity index (χ0n) is 18.0. The van der Waals surface area contributed by atoms with Crippen LogP contribution in [0.1, 0.15) is 19.0 Å². The number of benzene rings is 1. The number of oxazole rings is 1. The van der Waals surface area contributed by atoms with Crippen LogP contribution in [0.2, 0.25) is 0 Å². The number of nitrogens with one attached hydrogen (secondary N) is 2. The van der Waals surface area contributed by atoms with Crippen LogP contribution < -0.4 is 10.6 Å². The third-order valence-electron chi connectivity index (χ3n) is 5.67. The Morgan fingerprint density at radius 3 is 2.74 bits per heavy atom. The maximum atomic E-state index is 5.64. The van der Waals surface area contributed by atoms with Gasteiger partial charge in [-0.1, -0.05) is 18.2 Å². The first-order chi connectivity index (χ1) is 14.8. The zero-order chi connectivity index (χ0) is 20.7. The van der Waals surface area contributed by atoms with Crippen molar-refractivity contribution in [3.8, 4) is 11.5 Å². The van der Waals surface area contributed by atoms with Crippen molar-refractivity contribution in [1.82, 2.24) is 20.5 Å². The van der Waals surface area contributed by atoms with Gasteiger partial charge in [-0.3, -0.25) is 4.90 Å². The molecule has 2 N–H and O–H groups in total. The summed E-state index contributed by atoms with van der Waals surface area (Å²) in [4.78, 5) is 11.9. The molecule has 2 saturated heterocycles. The van der Waals surface area contributed by atoms with Crippen molar-refractivity contribution in [1.29, 1.82) is 0 Å². The molecule has 1 atom stereocenters. The molecule has 0 bridgehead atoms. The monoisotopic (exact) mass is 557 g/mol. The van der Waals surface area contributed by atoms with Gasteiger partial charge in [-0.15, -0.1) is 24.0 Å². The molecule has 7 nitrogen and oxygen atoms in total. The van der Waals surface area contributed by atoms with Crippen molar-refractivity contribution >= 4 is 41.7 Å². The summed E-state index contributed by atoms with van der Waals surface area (Å²) < 4.78 is 11.2. The first kappa shape index (κ1) is 24.3. The number of hydrogen-bond acceptors (Lipinski definition) is 6. The van der Waals surface area contributed by atoms with Crippen LogP contribution in [0.4, 0.5) is 0 Å². The third-order valence-corrected chi connectivity index (χ3v) is 6.90. The molecule has 1 unspecified atom stereocenters. The van der Waals surface area contributed by atoms with E-state index in [0.717, 1.165) is 62.4 Å². The Morgan fingerprint density at radius 2 is 2.03 bits per heavy atom. The van der Waals surface area contributed by atoms with Crippen LogP contribution in [0.25, 0.3) is 11.5 Å². The van der Waals surface area contributed by atoms with Gasteiger partial charge in [0, 0.05) is 43.0 Å². The van der Waals surface area contributed by atoms with Gasteiger partial charge in [0.15, 0.2) is 5.96 Å². The number of aliphatic imine (C=N–C) groups is 1. The van der Waals surface area contributed by atoms with Crippen LogP contribution in [-0.2, 0) is 11.3 Å². The molecule has 2 aliphatic rings. The van der Waals surface area contributed by atoms with Crippen LogP contribution in [-0.4, -0.2) is 72.3 Å². The summed E-state index contributed by atoms with van der Waals surface area (Å²) in [6, 6.07) is 9.94. The van der Waals surface area contributed by atoms with Gasteiger partial charge in [0.05, 0.1) is 19.8 Å². The molecule has 0 amide bonds. The third kappa shape index (κ3) is 6.36. The molecule has 2 fully saturated rings. The lowest BCUT2D eigenvalue weighted by atomic mass is 9.95. The molecule has 2 aliphatic heterocycles. The number of ether oxygens (including phenoxy) is 1. The predicted octanol–water partition coefficient (Wildman–Crippen LogP) is 3.22. The molecule has 0 saturated carbocycles. The molecule has 170 valence electrons. The topological polar surface area (TPSA) is 74.9 Å². The summed E-state index contributed by atoms with van der Waals surface area (Å²) in [5.74, 6) is 3.83. The smallest absolute Gasteiger partial charge is 0.226 e. The number of thioether (sulfide) groups is 1. The first-order valence-electron chi connectivity index (χ1n) is 10.7. The summed E-state index contributed by atoms with van der Waals surface area (Å²) in [6.07, 6.45) is 2.89. The maximum Gasteiger partial charge on any atom is 0.226 e. The van der Waals surface area contributed by atoms with Gasteiger partial charge >= 0.3 is 0 Å². The normalized spacial score (nSPS) is 22.2. The fourth-order valence-electron chi connectivity index (χ4n) is 3.98. The summed E-state index contributed by atoms with van der Waals surface area (Å²) in [7, 11) is 0. The minimum Gasteiger partial charge on any atom is -0.444 e. The highest BCUT2D eigenvalue weighted by molar-refractivity contribution is 14.0. The maximum absolute atomic E-state index is 5.64. The Balaban J connectivity index is 0.00000272. The van der Waals surface area contributed by atoms with Gasteiger partial charge in [0.1, 0.15) is 12.0 Å². The van der Waals surface area contributed by atoms with Gasteiger partial charge in [0.2, 0.25) is 5.89 Å². The molecule has 0 radical (unpaired) electrons. The van der Waals surface area contributed by atoms with E-state index in [1.54, 1.807) is 6.26 Å². The second-order valence-corrected chi connectivity index (χ2v) is 8.79. The molecular weight excluding hydrogens is 525 g/mol. The molecule has 4 rings (SSSR count). The number of morpholine rings is 1. The lowest BCUT2D eigenvalue weighted by molar-refractivity contribution is -0.0120. The minimum absolute atomic E-state index is 0. The molecular formula is C22H32IN5O2S. The van der Waals surface area contributed by atoms with E-state index in [-0.39, 0.29) is 29.5 Å². The van der Waals surface area contributed by atoms with Gasteiger partial charge in [-0.2, -0.15) is 11.8 Å². The highest BCUT2D eigenvalue weighted by Crippen LogP contribution is 2.33. The van der Waals surface area contributed by atoms with Crippen molar-refractivity contribution in [3.05, 3.63) is 42.3 Å². The first-order valence-corrected chi connectivity index (χ1v) is 11.9. The van der Waals surface area contributed by atoms with Crippen LogP contribution in [0, 0.1) is 0 Å². The lowest BCUT2D eigenvalue weighted by Crippen LogP contribution is -2.60. The van der Waals surface area contributed by atoms with E-state index in [0.29, 0.717) is 12.4 Å². The SMILES string of the molecule is CCNC(=NCc1coc(-c2ccccc2)n1)NCC1(N2CCOCC2)CCSC1.I. The molecule has 2 aromatic rings. The van der Waals surface area contributed by atoms with Crippen molar-refractivity contribution in [3.63, 3.8) is 0 Å². The minimum atomic E-state index is 0. The van der Waals surface area contributed by atoms with E-state index >= 15 is 0 Å². The van der Waals surface area contributed by atoms with Crippen molar-refractivity contribution in [2.75, 3.05) is 50.9 Å². The largest absolute Gasteiger partial charge is 0.444 e. The van der Waals surface area contributed by atoms with E-state index in [1.165, 1.54) is 12.2 Å². The molecule has 3 heterocycles. The molecule has 0 aliphatic carbocycles. The number of rotatable bonds is 7. The number of aromatic nitrogens is 1. The van der Waals surface area contributed by atoms with Crippen molar-refractivity contribution < 1.29 is 9.15 Å². The van der Waals surface area contributed by atoms with E-state index in [1.807, 2.05) is 42.1 Å². The summed E-state index contributed by atoms with van der Waals surface area (Å²) >= 11 is 2.05. The van der Waals surface area contributed by atoms with Gasteiger partial charge in [0.25, 0.3) is 0 Å². The number of guanidine groups is 1. The average molecular weight is 558 g/mol. The van der Waals surface area contributed by atoms with Crippen LogP contribution >= 0.6 is 35.7 Å². The predicted molar refractivity (Wildman–Crippen MR) is 137 cm³/mol. The van der Waals surface area contributed by atoms with E-state index in [9.17, 15) is 0 Å². The Labute approximate surface area is 205 Å². The number of nitrogens with zero attached hydrogens (tertiary/aromatic N) is 3.